The van der Waals surface area contributed by atoms with E-state index in [-0.39, 0.29) is 22.9 Å². The third-order valence-corrected chi connectivity index (χ3v) is 5.01. The number of morpholine rings is 1. The number of benzene rings is 2. The molecule has 2 N–H and O–H groups in total. The zero-order valence-corrected chi connectivity index (χ0v) is 16.2. The first-order valence-electron chi connectivity index (χ1n) is 9.09. The molecule has 0 spiro atoms. The minimum absolute atomic E-state index is 0.0527. The van der Waals surface area contributed by atoms with Crippen molar-refractivity contribution < 1.29 is 19.7 Å². The first-order chi connectivity index (χ1) is 14.0. The number of carbonyl (C=O) groups excluding carboxylic acids is 1. The number of fused-ring (bicyclic) bond motifs is 1. The standard InChI is InChI=1S/C20H19ClN4O4/c21-14-3-6-17-16(11-14)18(20(28)25(17)12-24-7-9-29-10-8-24)22-23-19(27)13-1-4-15(26)5-2-13/h1-6,11,26,28H,7-10,12H2. The molecule has 8 nitrogen and oxygen atoms in total. The lowest BCUT2D eigenvalue weighted by atomic mass is 10.2. The normalized spacial score (nSPS) is 15.3. The van der Waals surface area contributed by atoms with Gasteiger partial charge in [-0.1, -0.05) is 11.6 Å². The lowest BCUT2D eigenvalue weighted by Crippen LogP contribution is -2.37. The van der Waals surface area contributed by atoms with Gasteiger partial charge in [-0.3, -0.25) is 14.3 Å². The SMILES string of the molecule is O=C(N=Nc1c(O)n(CN2CCOCC2)c2ccc(Cl)cc12)c1ccc(O)cc1. The van der Waals surface area contributed by atoms with Crippen molar-refractivity contribution in [2.45, 2.75) is 6.67 Å². The number of phenolic OH excluding ortho intramolecular Hbond substituents is 1. The predicted molar refractivity (Wildman–Crippen MR) is 108 cm³/mol. The van der Waals surface area contributed by atoms with E-state index in [9.17, 15) is 15.0 Å². The van der Waals surface area contributed by atoms with Crippen molar-refractivity contribution in [3.05, 3.63) is 53.1 Å². The minimum atomic E-state index is -0.583. The van der Waals surface area contributed by atoms with Crippen molar-refractivity contribution in [1.29, 1.82) is 0 Å². The Bertz CT molecular complexity index is 1070. The zero-order valence-electron chi connectivity index (χ0n) is 15.5. The summed E-state index contributed by atoms with van der Waals surface area (Å²) in [4.78, 5) is 14.4. The number of halogens is 1. The summed E-state index contributed by atoms with van der Waals surface area (Å²) in [6.45, 7) is 3.24. The molecule has 1 saturated heterocycles. The number of aromatic hydroxyl groups is 2. The van der Waals surface area contributed by atoms with Gasteiger partial charge in [0.1, 0.15) is 5.75 Å². The molecule has 2 aromatic carbocycles. The molecule has 1 amide bonds. The Hall–Kier alpha value is -2.94. The lowest BCUT2D eigenvalue weighted by Gasteiger charge is -2.27. The molecular formula is C20H19ClN4O4. The fourth-order valence-corrected chi connectivity index (χ4v) is 3.41. The zero-order chi connectivity index (χ0) is 20.4. The van der Waals surface area contributed by atoms with Gasteiger partial charge >= 0.3 is 0 Å². The molecule has 4 rings (SSSR count). The van der Waals surface area contributed by atoms with E-state index in [2.05, 4.69) is 15.1 Å². The van der Waals surface area contributed by atoms with E-state index in [1.807, 2.05) is 0 Å². The van der Waals surface area contributed by atoms with Crippen LogP contribution in [-0.2, 0) is 11.4 Å². The number of hydrogen-bond acceptors (Lipinski definition) is 6. The molecule has 9 heteroatoms. The van der Waals surface area contributed by atoms with E-state index < -0.39 is 5.91 Å². The van der Waals surface area contributed by atoms with Gasteiger partial charge in [0.2, 0.25) is 5.88 Å². The number of carbonyl (C=O) groups is 1. The third-order valence-electron chi connectivity index (χ3n) is 4.77. The smallest absolute Gasteiger partial charge is 0.295 e. The van der Waals surface area contributed by atoms with Crippen LogP contribution in [0.4, 0.5) is 5.69 Å². The highest BCUT2D eigenvalue weighted by atomic mass is 35.5. The minimum Gasteiger partial charge on any atom is -0.508 e. The van der Waals surface area contributed by atoms with Gasteiger partial charge in [0.25, 0.3) is 5.91 Å². The molecule has 0 aliphatic carbocycles. The third kappa shape index (κ3) is 4.09. The van der Waals surface area contributed by atoms with Crippen molar-refractivity contribution >= 4 is 34.1 Å². The summed E-state index contributed by atoms with van der Waals surface area (Å²) in [5.74, 6) is -0.617. The van der Waals surface area contributed by atoms with Crippen LogP contribution in [0.2, 0.25) is 5.02 Å². The van der Waals surface area contributed by atoms with Crippen LogP contribution in [0.1, 0.15) is 10.4 Å². The van der Waals surface area contributed by atoms with E-state index in [1.165, 1.54) is 24.3 Å². The van der Waals surface area contributed by atoms with Gasteiger partial charge in [0, 0.05) is 29.1 Å². The maximum absolute atomic E-state index is 12.3. The van der Waals surface area contributed by atoms with E-state index in [4.69, 9.17) is 16.3 Å². The molecule has 1 aliphatic rings. The molecule has 1 aromatic heterocycles. The largest absolute Gasteiger partial charge is 0.508 e. The first kappa shape index (κ1) is 19.4. The average molecular weight is 415 g/mol. The number of aromatic nitrogens is 1. The molecule has 2 heterocycles. The Morgan fingerprint density at radius 2 is 1.83 bits per heavy atom. The highest BCUT2D eigenvalue weighted by molar-refractivity contribution is 6.31. The van der Waals surface area contributed by atoms with Gasteiger partial charge in [-0.2, -0.15) is 0 Å². The van der Waals surface area contributed by atoms with Crippen molar-refractivity contribution in [3.8, 4) is 11.6 Å². The van der Waals surface area contributed by atoms with Crippen LogP contribution in [0, 0.1) is 0 Å². The van der Waals surface area contributed by atoms with Crippen LogP contribution >= 0.6 is 11.6 Å². The molecular weight excluding hydrogens is 396 g/mol. The molecule has 150 valence electrons. The van der Waals surface area contributed by atoms with Gasteiger partial charge in [-0.05, 0) is 42.5 Å². The summed E-state index contributed by atoms with van der Waals surface area (Å²) >= 11 is 6.14. The van der Waals surface area contributed by atoms with E-state index >= 15 is 0 Å². The van der Waals surface area contributed by atoms with Crippen LogP contribution < -0.4 is 0 Å². The fraction of sp³-hybridized carbons (Fsp3) is 0.250. The molecule has 0 unspecified atom stereocenters. The Morgan fingerprint density at radius 1 is 1.10 bits per heavy atom. The molecule has 0 atom stereocenters. The van der Waals surface area contributed by atoms with Crippen LogP contribution in [0.15, 0.2) is 52.7 Å². The first-order valence-corrected chi connectivity index (χ1v) is 9.46. The number of nitrogens with zero attached hydrogens (tertiary/aromatic N) is 4. The van der Waals surface area contributed by atoms with Crippen LogP contribution in [0.25, 0.3) is 10.9 Å². The number of hydrogen-bond donors (Lipinski definition) is 2. The Morgan fingerprint density at radius 3 is 2.55 bits per heavy atom. The summed E-state index contributed by atoms with van der Waals surface area (Å²) in [5, 5.41) is 29.0. The number of azo groups is 1. The van der Waals surface area contributed by atoms with Crippen molar-refractivity contribution in [2.24, 2.45) is 10.2 Å². The van der Waals surface area contributed by atoms with Gasteiger partial charge in [0.15, 0.2) is 5.69 Å². The summed E-state index contributed by atoms with van der Waals surface area (Å²) in [7, 11) is 0. The molecule has 0 saturated carbocycles. The van der Waals surface area contributed by atoms with E-state index in [1.54, 1.807) is 22.8 Å². The summed E-state index contributed by atoms with van der Waals surface area (Å²) in [5.41, 5.74) is 1.20. The molecule has 0 bridgehead atoms. The molecule has 1 fully saturated rings. The second kappa shape index (κ2) is 8.20. The molecule has 29 heavy (non-hydrogen) atoms. The summed E-state index contributed by atoms with van der Waals surface area (Å²) < 4.78 is 7.09. The van der Waals surface area contributed by atoms with Gasteiger partial charge in [-0.25, -0.2) is 0 Å². The van der Waals surface area contributed by atoms with Crippen molar-refractivity contribution in [3.63, 3.8) is 0 Å². The van der Waals surface area contributed by atoms with E-state index in [0.29, 0.717) is 30.3 Å². The summed E-state index contributed by atoms with van der Waals surface area (Å²) in [6, 6.07) is 10.9. The van der Waals surface area contributed by atoms with Crippen LogP contribution in [0.5, 0.6) is 11.6 Å². The van der Waals surface area contributed by atoms with E-state index in [0.717, 1.165) is 18.6 Å². The fourth-order valence-electron chi connectivity index (χ4n) is 3.24. The Labute approximate surface area is 171 Å². The number of ether oxygens (including phenoxy) is 1. The van der Waals surface area contributed by atoms with Crippen molar-refractivity contribution in [2.75, 3.05) is 26.3 Å². The molecule has 1 aliphatic heterocycles. The second-order valence-electron chi connectivity index (χ2n) is 6.69. The quantitative estimate of drug-likeness (QED) is 0.630. The number of rotatable bonds is 4. The number of phenols is 1. The predicted octanol–water partition coefficient (Wildman–Crippen LogP) is 3.92. The van der Waals surface area contributed by atoms with Crippen molar-refractivity contribution in [1.82, 2.24) is 9.47 Å². The van der Waals surface area contributed by atoms with Gasteiger partial charge < -0.3 is 14.9 Å². The molecule has 0 radical (unpaired) electrons. The maximum Gasteiger partial charge on any atom is 0.295 e. The van der Waals surface area contributed by atoms with Gasteiger partial charge in [0.05, 0.1) is 25.4 Å². The van der Waals surface area contributed by atoms with Gasteiger partial charge in [-0.15, -0.1) is 10.2 Å². The average Bonchev–Trinajstić information content (AvgIpc) is 2.98. The van der Waals surface area contributed by atoms with Crippen LogP contribution in [0.3, 0.4) is 0 Å². The highest BCUT2D eigenvalue weighted by Gasteiger charge is 2.20. The summed E-state index contributed by atoms with van der Waals surface area (Å²) in [6.07, 6.45) is 0. The molecule has 3 aromatic rings. The topological polar surface area (TPSA) is 99.6 Å². The Balaban J connectivity index is 1.69. The Kier molecular flexibility index (Phi) is 5.48. The number of amides is 1. The maximum atomic E-state index is 12.3. The highest BCUT2D eigenvalue weighted by Crippen LogP contribution is 2.40. The second-order valence-corrected chi connectivity index (χ2v) is 7.12. The lowest BCUT2D eigenvalue weighted by molar-refractivity contribution is 0.0231. The monoisotopic (exact) mass is 414 g/mol. The van der Waals surface area contributed by atoms with Crippen LogP contribution in [-0.4, -0.2) is 51.9 Å².